The van der Waals surface area contributed by atoms with E-state index < -0.39 is 48.2 Å². The number of aliphatic hydroxyl groups excluding tert-OH is 1. The molecule has 0 fully saturated rings. The molecule has 2 atom stereocenters. The summed E-state index contributed by atoms with van der Waals surface area (Å²) in [6, 6.07) is 7.96. The molecular formula is C28H38ClN3O5. The highest BCUT2D eigenvalue weighted by Crippen LogP contribution is 2.31. The number of anilines is 1. The molecule has 0 radical (unpaired) electrons. The van der Waals surface area contributed by atoms with Crippen LogP contribution in [0, 0.1) is 20.8 Å². The second-order valence-electron chi connectivity index (χ2n) is 10.4. The molecule has 2 aromatic rings. The van der Waals surface area contributed by atoms with Gasteiger partial charge < -0.3 is 25.4 Å². The number of hydrogen-bond acceptors (Lipinski definition) is 5. The molecule has 2 unspecified atom stereocenters. The van der Waals surface area contributed by atoms with E-state index in [1.165, 1.54) is 4.90 Å². The van der Waals surface area contributed by atoms with Crippen molar-refractivity contribution in [3.8, 4) is 0 Å². The topological polar surface area (TPSA) is 108 Å². The largest absolute Gasteiger partial charge is 0.444 e. The molecule has 37 heavy (non-hydrogen) atoms. The fourth-order valence-electron chi connectivity index (χ4n) is 3.85. The van der Waals surface area contributed by atoms with E-state index in [-0.39, 0.29) is 0 Å². The van der Waals surface area contributed by atoms with Gasteiger partial charge in [-0.1, -0.05) is 41.9 Å². The molecule has 2 aromatic carbocycles. The van der Waals surface area contributed by atoms with Crippen LogP contribution in [0.25, 0.3) is 0 Å². The van der Waals surface area contributed by atoms with Crippen molar-refractivity contribution in [2.24, 2.45) is 0 Å². The van der Waals surface area contributed by atoms with Crippen molar-refractivity contribution in [3.63, 3.8) is 0 Å². The van der Waals surface area contributed by atoms with Crippen molar-refractivity contribution in [2.75, 3.05) is 11.9 Å². The zero-order chi connectivity index (χ0) is 28.1. The average molecular weight is 532 g/mol. The molecular weight excluding hydrogens is 494 g/mol. The van der Waals surface area contributed by atoms with E-state index in [0.29, 0.717) is 16.3 Å². The third-order valence-electron chi connectivity index (χ3n) is 5.83. The maximum atomic E-state index is 13.8. The summed E-state index contributed by atoms with van der Waals surface area (Å²) in [5.41, 5.74) is 2.99. The lowest BCUT2D eigenvalue weighted by Crippen LogP contribution is -2.55. The van der Waals surface area contributed by atoms with Gasteiger partial charge in [-0.2, -0.15) is 0 Å². The SMILES string of the molecule is Cc1ccc(C(C(=O)Nc2c(C)cccc2Cl)N(C(=O)C(CO)NC(=O)OC(C)(C)C)C(C)C)cc1C. The molecule has 0 aromatic heterocycles. The van der Waals surface area contributed by atoms with Gasteiger partial charge in [0, 0.05) is 6.04 Å². The van der Waals surface area contributed by atoms with Crippen LogP contribution in [-0.2, 0) is 14.3 Å². The number of nitrogens with zero attached hydrogens (tertiary/aromatic N) is 1. The Balaban J connectivity index is 2.54. The number of para-hydroxylation sites is 1. The van der Waals surface area contributed by atoms with Crippen molar-refractivity contribution >= 4 is 35.2 Å². The molecule has 0 saturated carbocycles. The van der Waals surface area contributed by atoms with E-state index in [4.69, 9.17) is 16.3 Å². The molecule has 0 bridgehead atoms. The lowest BCUT2D eigenvalue weighted by atomic mass is 9.97. The minimum Gasteiger partial charge on any atom is -0.444 e. The van der Waals surface area contributed by atoms with Crippen molar-refractivity contribution in [1.29, 1.82) is 0 Å². The maximum absolute atomic E-state index is 13.8. The number of carbonyl (C=O) groups excluding carboxylic acids is 3. The van der Waals surface area contributed by atoms with Crippen LogP contribution >= 0.6 is 11.6 Å². The Kier molecular flexibility index (Phi) is 10.1. The Hall–Kier alpha value is -3.10. The average Bonchev–Trinajstić information content (AvgIpc) is 2.78. The normalized spacial score (nSPS) is 13.1. The highest BCUT2D eigenvalue weighted by molar-refractivity contribution is 6.34. The summed E-state index contributed by atoms with van der Waals surface area (Å²) in [5, 5.41) is 15.7. The predicted molar refractivity (Wildman–Crippen MR) is 146 cm³/mol. The number of hydrogen-bond donors (Lipinski definition) is 3. The number of ether oxygens (including phenoxy) is 1. The predicted octanol–water partition coefficient (Wildman–Crippen LogP) is 5.07. The number of rotatable bonds is 8. The molecule has 0 aliphatic heterocycles. The first-order chi connectivity index (χ1) is 17.2. The van der Waals surface area contributed by atoms with E-state index in [1.54, 1.807) is 52.8 Å². The zero-order valence-corrected chi connectivity index (χ0v) is 23.6. The van der Waals surface area contributed by atoms with Gasteiger partial charge >= 0.3 is 6.09 Å². The molecule has 0 saturated heterocycles. The van der Waals surface area contributed by atoms with Gasteiger partial charge in [0.25, 0.3) is 5.91 Å². The summed E-state index contributed by atoms with van der Waals surface area (Å²) in [7, 11) is 0. The van der Waals surface area contributed by atoms with Crippen LogP contribution in [0.1, 0.15) is 62.9 Å². The van der Waals surface area contributed by atoms with Gasteiger partial charge in [0.2, 0.25) is 5.91 Å². The summed E-state index contributed by atoms with van der Waals surface area (Å²) in [6.07, 6.45) is -0.845. The Morgan fingerprint density at radius 1 is 1.03 bits per heavy atom. The Morgan fingerprint density at radius 2 is 1.68 bits per heavy atom. The fourth-order valence-corrected chi connectivity index (χ4v) is 4.12. The van der Waals surface area contributed by atoms with E-state index in [2.05, 4.69) is 10.6 Å². The van der Waals surface area contributed by atoms with Gasteiger partial charge in [0.05, 0.1) is 17.3 Å². The van der Waals surface area contributed by atoms with Gasteiger partial charge in [-0.05, 0) is 83.7 Å². The summed E-state index contributed by atoms with van der Waals surface area (Å²) in [5.74, 6) is -1.10. The molecule has 0 aliphatic rings. The molecule has 202 valence electrons. The summed E-state index contributed by atoms with van der Waals surface area (Å²) >= 11 is 6.37. The van der Waals surface area contributed by atoms with Gasteiger partial charge in [0.1, 0.15) is 17.7 Å². The minimum absolute atomic E-state index is 0.370. The van der Waals surface area contributed by atoms with E-state index in [0.717, 1.165) is 16.7 Å². The van der Waals surface area contributed by atoms with Crippen LogP contribution in [0.3, 0.4) is 0 Å². The maximum Gasteiger partial charge on any atom is 0.408 e. The van der Waals surface area contributed by atoms with Crippen LogP contribution in [0.2, 0.25) is 5.02 Å². The fraction of sp³-hybridized carbons (Fsp3) is 0.464. The van der Waals surface area contributed by atoms with E-state index >= 15 is 0 Å². The number of halogens is 1. The molecule has 9 heteroatoms. The minimum atomic E-state index is -1.32. The first-order valence-corrected chi connectivity index (χ1v) is 12.6. The van der Waals surface area contributed by atoms with Gasteiger partial charge in [0.15, 0.2) is 0 Å². The number of carbonyl (C=O) groups is 3. The van der Waals surface area contributed by atoms with Crippen molar-refractivity contribution < 1.29 is 24.2 Å². The molecule has 3 N–H and O–H groups in total. The number of aliphatic hydroxyl groups is 1. The van der Waals surface area contributed by atoms with Gasteiger partial charge in [-0.15, -0.1) is 0 Å². The zero-order valence-electron chi connectivity index (χ0n) is 22.8. The Morgan fingerprint density at radius 3 is 2.19 bits per heavy atom. The second-order valence-corrected chi connectivity index (χ2v) is 10.8. The second kappa shape index (κ2) is 12.4. The quantitative estimate of drug-likeness (QED) is 0.441. The highest BCUT2D eigenvalue weighted by atomic mass is 35.5. The lowest BCUT2D eigenvalue weighted by Gasteiger charge is -2.37. The number of amides is 3. The van der Waals surface area contributed by atoms with Gasteiger partial charge in [-0.3, -0.25) is 9.59 Å². The molecule has 3 amide bonds. The van der Waals surface area contributed by atoms with Crippen LogP contribution < -0.4 is 10.6 Å². The number of alkyl carbamates (subject to hydrolysis) is 1. The third kappa shape index (κ3) is 7.94. The standard InChI is InChI=1S/C28H38ClN3O5/c1-16(2)32(26(35)22(15-33)30-27(36)37-28(6,7)8)24(20-13-12-17(3)19(5)14-20)25(34)31-23-18(4)10-9-11-21(23)29/h9-14,16,22,24,33H,15H2,1-8H3,(H,30,36)(H,31,34). The number of nitrogens with one attached hydrogen (secondary N) is 2. The molecule has 8 nitrogen and oxygen atoms in total. The first kappa shape index (κ1) is 30.1. The van der Waals surface area contributed by atoms with Crippen molar-refractivity contribution in [2.45, 2.75) is 79.1 Å². The summed E-state index contributed by atoms with van der Waals surface area (Å²) < 4.78 is 5.26. The summed E-state index contributed by atoms with van der Waals surface area (Å²) in [4.78, 5) is 41.4. The Bertz CT molecular complexity index is 1120. The molecule has 2 rings (SSSR count). The monoisotopic (exact) mass is 531 g/mol. The summed E-state index contributed by atoms with van der Waals surface area (Å²) in [6.45, 7) is 13.6. The number of benzene rings is 2. The van der Waals surface area contributed by atoms with Crippen LogP contribution in [0.5, 0.6) is 0 Å². The molecule has 0 aliphatic carbocycles. The molecule has 0 spiro atoms. The van der Waals surface area contributed by atoms with Crippen LogP contribution in [0.4, 0.5) is 10.5 Å². The van der Waals surface area contributed by atoms with Crippen LogP contribution in [0.15, 0.2) is 36.4 Å². The third-order valence-corrected chi connectivity index (χ3v) is 6.14. The smallest absolute Gasteiger partial charge is 0.408 e. The van der Waals surface area contributed by atoms with Crippen molar-refractivity contribution in [3.05, 3.63) is 63.7 Å². The van der Waals surface area contributed by atoms with E-state index in [1.807, 2.05) is 39.0 Å². The number of aryl methyl sites for hydroxylation is 3. The van der Waals surface area contributed by atoms with Crippen molar-refractivity contribution in [1.82, 2.24) is 10.2 Å². The van der Waals surface area contributed by atoms with Gasteiger partial charge in [-0.25, -0.2) is 4.79 Å². The first-order valence-electron chi connectivity index (χ1n) is 12.2. The van der Waals surface area contributed by atoms with Crippen LogP contribution in [-0.4, -0.2) is 52.2 Å². The Labute approximate surface area is 224 Å². The highest BCUT2D eigenvalue weighted by Gasteiger charge is 2.38. The lowest BCUT2D eigenvalue weighted by molar-refractivity contribution is -0.143. The molecule has 0 heterocycles. The van der Waals surface area contributed by atoms with E-state index in [9.17, 15) is 19.5 Å².